The molecule has 3 heteroatoms. The zero-order chi connectivity index (χ0) is 4.99. The van der Waals surface area contributed by atoms with Crippen molar-refractivity contribution in [3.8, 4) is 0 Å². The summed E-state index contributed by atoms with van der Waals surface area (Å²) in [5.41, 5.74) is 0. The molecule has 36 valence electrons. The van der Waals surface area contributed by atoms with Crippen LogP contribution in [-0.2, 0) is 0 Å². The third kappa shape index (κ3) is 4.76. The van der Waals surface area contributed by atoms with Crippen molar-refractivity contribution in [3.05, 3.63) is 0 Å². The van der Waals surface area contributed by atoms with E-state index in [1.807, 2.05) is 21.4 Å². The van der Waals surface area contributed by atoms with Crippen LogP contribution in [0, 0.1) is 0 Å². The van der Waals surface area contributed by atoms with Gasteiger partial charge < -0.3 is 0 Å². The Kier molecular flexibility index (Phi) is 4.44. The van der Waals surface area contributed by atoms with Crippen molar-refractivity contribution in [1.82, 2.24) is 0 Å². The Labute approximate surface area is 47.8 Å². The minimum Gasteiger partial charge on any atom is -0.147 e. The molecule has 0 unspecified atom stereocenters. The average Bonchev–Trinajstić information content (AvgIpc) is 1.35. The second kappa shape index (κ2) is 3.94. The summed E-state index contributed by atoms with van der Waals surface area (Å²) in [6.07, 6.45) is 2.10. The first-order chi connectivity index (χ1) is 2.77. The first-order valence-corrected chi connectivity index (χ1v) is 4.59. The van der Waals surface area contributed by atoms with E-state index < -0.39 is 0 Å². The standard InChI is InChI=1S/C3H9BS2/c1-4(2)6-5-3/h1-3H3. The van der Waals surface area contributed by atoms with E-state index in [1.54, 1.807) is 0 Å². The van der Waals surface area contributed by atoms with Crippen LogP contribution in [0.5, 0.6) is 0 Å². The Morgan fingerprint density at radius 1 is 1.33 bits per heavy atom. The molecule has 0 radical (unpaired) electrons. The van der Waals surface area contributed by atoms with Crippen LogP contribution in [0.15, 0.2) is 0 Å². The predicted octanol–water partition coefficient (Wildman–Crippen LogP) is 2.25. The first-order valence-electron chi connectivity index (χ1n) is 1.97. The van der Waals surface area contributed by atoms with Crippen molar-refractivity contribution in [2.24, 2.45) is 0 Å². The smallest absolute Gasteiger partial charge is 0.147 e. The lowest BCUT2D eigenvalue weighted by atomic mass is 9.84. The van der Waals surface area contributed by atoms with Crippen molar-refractivity contribution < 1.29 is 0 Å². The number of hydrogen-bond donors (Lipinski definition) is 0. The lowest BCUT2D eigenvalue weighted by Crippen LogP contribution is -1.85. The molecule has 0 bridgehead atoms. The Morgan fingerprint density at radius 2 is 1.83 bits per heavy atom. The molecule has 0 saturated heterocycles. The maximum absolute atomic E-state index is 2.20. The summed E-state index contributed by atoms with van der Waals surface area (Å²) >= 11 is 0. The van der Waals surface area contributed by atoms with Gasteiger partial charge in [0.15, 0.2) is 0 Å². The van der Waals surface area contributed by atoms with E-state index in [0.717, 1.165) is 5.99 Å². The molecule has 0 aromatic carbocycles. The van der Waals surface area contributed by atoms with Gasteiger partial charge in [0.05, 0.1) is 0 Å². The largest absolute Gasteiger partial charge is 0.217 e. The molecule has 0 aromatic heterocycles. The number of rotatable bonds is 2. The third-order valence-electron chi connectivity index (χ3n) is 0.289. The molecule has 0 rings (SSSR count). The van der Waals surface area contributed by atoms with Crippen LogP contribution in [0.1, 0.15) is 0 Å². The van der Waals surface area contributed by atoms with E-state index in [-0.39, 0.29) is 0 Å². The van der Waals surface area contributed by atoms with Crippen LogP contribution in [0.3, 0.4) is 0 Å². The van der Waals surface area contributed by atoms with Crippen LogP contribution in [0.25, 0.3) is 0 Å². The lowest BCUT2D eigenvalue weighted by molar-refractivity contribution is 2.11. The lowest BCUT2D eigenvalue weighted by Gasteiger charge is -1.90. The highest BCUT2D eigenvalue weighted by Gasteiger charge is 1.93. The quantitative estimate of drug-likeness (QED) is 0.405. The SMILES string of the molecule is CSSB(C)C. The maximum atomic E-state index is 2.20. The molecule has 0 saturated carbocycles. The summed E-state index contributed by atoms with van der Waals surface area (Å²) in [4.78, 5) is 0. The van der Waals surface area contributed by atoms with Gasteiger partial charge in [0, 0.05) is 0 Å². The highest BCUT2D eigenvalue weighted by molar-refractivity contribution is 8.86. The number of hydrogen-bond acceptors (Lipinski definition) is 2. The molecule has 0 spiro atoms. The topological polar surface area (TPSA) is 0 Å². The molecule has 0 nitrogen and oxygen atoms in total. The summed E-state index contributed by atoms with van der Waals surface area (Å²) in [6.45, 7) is 4.39. The fourth-order valence-electron chi connectivity index (χ4n) is 0.192. The van der Waals surface area contributed by atoms with E-state index in [2.05, 4.69) is 19.9 Å². The van der Waals surface area contributed by atoms with Gasteiger partial charge in [-0.3, -0.25) is 0 Å². The van der Waals surface area contributed by atoms with Gasteiger partial charge in [-0.15, -0.1) is 21.4 Å². The van der Waals surface area contributed by atoms with E-state index >= 15 is 0 Å². The summed E-state index contributed by atoms with van der Waals surface area (Å²) < 4.78 is 0. The Bertz CT molecular complexity index is 30.0. The summed E-state index contributed by atoms with van der Waals surface area (Å²) in [5.74, 6) is 0.778. The van der Waals surface area contributed by atoms with Gasteiger partial charge in [-0.05, 0) is 6.26 Å². The van der Waals surface area contributed by atoms with Crippen molar-refractivity contribution in [2.75, 3.05) is 6.26 Å². The maximum Gasteiger partial charge on any atom is 0.217 e. The highest BCUT2D eigenvalue weighted by atomic mass is 33.1. The first kappa shape index (κ1) is 6.76. The van der Waals surface area contributed by atoms with Crippen LogP contribution in [0.4, 0.5) is 0 Å². The van der Waals surface area contributed by atoms with Crippen molar-refractivity contribution in [2.45, 2.75) is 13.6 Å². The second-order valence-corrected chi connectivity index (χ2v) is 4.36. The minimum atomic E-state index is 0.778. The van der Waals surface area contributed by atoms with E-state index in [1.165, 1.54) is 0 Å². The van der Waals surface area contributed by atoms with Gasteiger partial charge in [0.1, 0.15) is 0 Å². The fourth-order valence-corrected chi connectivity index (χ4v) is 1.73. The minimum absolute atomic E-state index is 0.778. The van der Waals surface area contributed by atoms with Crippen LogP contribution < -0.4 is 0 Å². The van der Waals surface area contributed by atoms with Gasteiger partial charge in [0.2, 0.25) is 5.99 Å². The van der Waals surface area contributed by atoms with Crippen LogP contribution >= 0.6 is 21.4 Å². The molecule has 0 heterocycles. The van der Waals surface area contributed by atoms with Crippen molar-refractivity contribution in [1.29, 1.82) is 0 Å². The molecular formula is C3H9BS2. The van der Waals surface area contributed by atoms with Gasteiger partial charge in [-0.25, -0.2) is 0 Å². The van der Waals surface area contributed by atoms with E-state index in [9.17, 15) is 0 Å². The normalized spacial score (nSPS) is 8.50. The average molecular weight is 120 g/mol. The molecule has 0 aliphatic rings. The van der Waals surface area contributed by atoms with Crippen molar-refractivity contribution in [3.63, 3.8) is 0 Å². The molecular weight excluding hydrogens is 111 g/mol. The van der Waals surface area contributed by atoms with Gasteiger partial charge in [0.25, 0.3) is 0 Å². The molecule has 0 amide bonds. The van der Waals surface area contributed by atoms with Gasteiger partial charge >= 0.3 is 0 Å². The van der Waals surface area contributed by atoms with Gasteiger partial charge in [-0.1, -0.05) is 13.6 Å². The second-order valence-electron chi connectivity index (χ2n) is 1.31. The van der Waals surface area contributed by atoms with E-state index in [4.69, 9.17) is 0 Å². The highest BCUT2D eigenvalue weighted by Crippen LogP contribution is 2.19. The zero-order valence-electron chi connectivity index (χ0n) is 4.39. The Balaban J connectivity index is 2.63. The fraction of sp³-hybridized carbons (Fsp3) is 1.00. The summed E-state index contributed by atoms with van der Waals surface area (Å²) in [7, 11) is 3.73. The summed E-state index contributed by atoms with van der Waals surface area (Å²) in [6, 6.07) is 0. The molecule has 0 aliphatic carbocycles. The van der Waals surface area contributed by atoms with Crippen molar-refractivity contribution >= 4 is 27.4 Å². The molecule has 0 aliphatic heterocycles. The summed E-state index contributed by atoms with van der Waals surface area (Å²) in [5, 5.41) is 0. The Morgan fingerprint density at radius 3 is 1.83 bits per heavy atom. The van der Waals surface area contributed by atoms with E-state index in [0.29, 0.717) is 0 Å². The van der Waals surface area contributed by atoms with Gasteiger partial charge in [-0.2, -0.15) is 0 Å². The zero-order valence-corrected chi connectivity index (χ0v) is 6.03. The molecule has 0 N–H and O–H groups in total. The molecule has 0 aromatic rings. The predicted molar refractivity (Wildman–Crippen MR) is 38.6 cm³/mol. The molecule has 0 fully saturated rings. The molecule has 6 heavy (non-hydrogen) atoms. The Hall–Kier alpha value is 0.765. The third-order valence-corrected chi connectivity index (χ3v) is 2.60. The molecule has 0 atom stereocenters. The monoisotopic (exact) mass is 120 g/mol. The van der Waals surface area contributed by atoms with Crippen LogP contribution in [0.2, 0.25) is 13.6 Å². The van der Waals surface area contributed by atoms with Crippen LogP contribution in [-0.4, -0.2) is 12.2 Å².